The first kappa shape index (κ1) is 14.6. The van der Waals surface area contributed by atoms with Gasteiger partial charge in [-0.1, -0.05) is 0 Å². The van der Waals surface area contributed by atoms with Gasteiger partial charge in [-0.2, -0.15) is 5.10 Å². The fourth-order valence-corrected chi connectivity index (χ4v) is 4.11. The third-order valence-corrected chi connectivity index (χ3v) is 5.17. The van der Waals surface area contributed by atoms with E-state index in [4.69, 9.17) is 0 Å². The van der Waals surface area contributed by atoms with Crippen molar-refractivity contribution in [3.8, 4) is 0 Å². The Kier molecular flexibility index (Phi) is 4.02. The van der Waals surface area contributed by atoms with E-state index in [2.05, 4.69) is 28.0 Å². The van der Waals surface area contributed by atoms with Crippen LogP contribution in [0.2, 0.25) is 0 Å². The molecule has 0 N–H and O–H groups in total. The molecule has 0 aromatic carbocycles. The molecule has 0 bridgehead atoms. The maximum absolute atomic E-state index is 12.1. The molecule has 2 saturated heterocycles. The quantitative estimate of drug-likeness (QED) is 0.852. The Morgan fingerprint density at radius 3 is 2.86 bits per heavy atom. The number of carbonyl (C=O) groups is 1. The van der Waals surface area contributed by atoms with E-state index in [1.165, 1.54) is 12.0 Å². The minimum atomic E-state index is 0.148. The molecular formula is C16H26N4O. The lowest BCUT2D eigenvalue weighted by Gasteiger charge is -2.37. The van der Waals surface area contributed by atoms with E-state index in [0.717, 1.165) is 51.9 Å². The second kappa shape index (κ2) is 5.79. The summed E-state index contributed by atoms with van der Waals surface area (Å²) in [5, 5.41) is 4.25. The van der Waals surface area contributed by atoms with Gasteiger partial charge in [0.1, 0.15) is 0 Å². The van der Waals surface area contributed by atoms with Crippen LogP contribution in [0.25, 0.3) is 0 Å². The molecule has 2 aliphatic rings. The van der Waals surface area contributed by atoms with Gasteiger partial charge in [-0.15, -0.1) is 0 Å². The average molecular weight is 290 g/mol. The van der Waals surface area contributed by atoms with Crippen LogP contribution in [0.4, 0.5) is 0 Å². The van der Waals surface area contributed by atoms with Crippen LogP contribution in [0, 0.1) is 0 Å². The standard InChI is InChI=1S/C16H26N4O/c1-3-20-15(21)5-7-16(20)6-4-9-19(10-8-16)13-14-11-17-18(2)12-14/h11-12H,3-10,13H2,1-2H3. The van der Waals surface area contributed by atoms with E-state index < -0.39 is 0 Å². The number of rotatable bonds is 3. The molecule has 2 fully saturated rings. The number of aromatic nitrogens is 2. The van der Waals surface area contributed by atoms with Crippen molar-refractivity contribution in [2.24, 2.45) is 7.05 Å². The Morgan fingerprint density at radius 2 is 2.14 bits per heavy atom. The molecule has 0 aliphatic carbocycles. The molecule has 5 nitrogen and oxygen atoms in total. The first-order valence-electron chi connectivity index (χ1n) is 8.13. The molecule has 3 heterocycles. The van der Waals surface area contributed by atoms with Crippen molar-refractivity contribution in [2.45, 2.75) is 51.1 Å². The molecule has 21 heavy (non-hydrogen) atoms. The minimum absolute atomic E-state index is 0.148. The molecule has 0 saturated carbocycles. The zero-order chi connectivity index (χ0) is 14.9. The first-order valence-corrected chi connectivity index (χ1v) is 8.13. The van der Waals surface area contributed by atoms with E-state index in [1.807, 2.05) is 17.9 Å². The summed E-state index contributed by atoms with van der Waals surface area (Å²) in [4.78, 5) is 16.7. The van der Waals surface area contributed by atoms with Crippen LogP contribution < -0.4 is 0 Å². The number of hydrogen-bond donors (Lipinski definition) is 0. The van der Waals surface area contributed by atoms with Crippen LogP contribution in [0.3, 0.4) is 0 Å². The molecule has 1 aromatic rings. The summed E-state index contributed by atoms with van der Waals surface area (Å²) in [6.07, 6.45) is 9.32. The highest BCUT2D eigenvalue weighted by atomic mass is 16.2. The van der Waals surface area contributed by atoms with Crippen molar-refractivity contribution in [1.82, 2.24) is 19.6 Å². The van der Waals surface area contributed by atoms with Crippen LogP contribution >= 0.6 is 0 Å². The van der Waals surface area contributed by atoms with E-state index in [0.29, 0.717) is 5.91 Å². The third-order valence-electron chi connectivity index (χ3n) is 5.17. The van der Waals surface area contributed by atoms with Gasteiger partial charge in [-0.25, -0.2) is 0 Å². The van der Waals surface area contributed by atoms with Crippen LogP contribution in [-0.2, 0) is 18.4 Å². The Labute approximate surface area is 126 Å². The lowest BCUT2D eigenvalue weighted by Crippen LogP contribution is -2.46. The molecule has 116 valence electrons. The third kappa shape index (κ3) is 2.84. The highest BCUT2D eigenvalue weighted by molar-refractivity contribution is 5.79. The zero-order valence-corrected chi connectivity index (χ0v) is 13.2. The fraction of sp³-hybridized carbons (Fsp3) is 0.750. The van der Waals surface area contributed by atoms with Crippen LogP contribution in [0.5, 0.6) is 0 Å². The lowest BCUT2D eigenvalue weighted by molar-refractivity contribution is -0.131. The van der Waals surface area contributed by atoms with Crippen molar-refractivity contribution in [3.63, 3.8) is 0 Å². The Bertz CT molecular complexity index is 512. The highest BCUT2D eigenvalue weighted by Gasteiger charge is 2.44. The smallest absolute Gasteiger partial charge is 0.223 e. The Balaban J connectivity index is 1.65. The second-order valence-corrected chi connectivity index (χ2v) is 6.51. The van der Waals surface area contributed by atoms with E-state index in [-0.39, 0.29) is 5.54 Å². The summed E-state index contributed by atoms with van der Waals surface area (Å²) in [6.45, 7) is 6.16. The van der Waals surface area contributed by atoms with Gasteiger partial charge in [0.05, 0.1) is 6.20 Å². The van der Waals surface area contributed by atoms with Gasteiger partial charge >= 0.3 is 0 Å². The first-order chi connectivity index (χ1) is 10.1. The number of nitrogens with zero attached hydrogens (tertiary/aromatic N) is 4. The number of likely N-dealkylation sites (tertiary alicyclic amines) is 2. The number of hydrogen-bond acceptors (Lipinski definition) is 3. The topological polar surface area (TPSA) is 41.4 Å². The second-order valence-electron chi connectivity index (χ2n) is 6.51. The molecule has 1 unspecified atom stereocenters. The largest absolute Gasteiger partial charge is 0.337 e. The molecular weight excluding hydrogens is 264 g/mol. The predicted octanol–water partition coefficient (Wildman–Crippen LogP) is 1.79. The van der Waals surface area contributed by atoms with E-state index in [1.54, 1.807) is 0 Å². The number of amides is 1. The maximum atomic E-state index is 12.1. The van der Waals surface area contributed by atoms with Crippen molar-refractivity contribution in [3.05, 3.63) is 18.0 Å². The number of aryl methyl sites for hydroxylation is 1. The van der Waals surface area contributed by atoms with E-state index >= 15 is 0 Å². The van der Waals surface area contributed by atoms with Crippen LogP contribution in [-0.4, -0.2) is 50.7 Å². The van der Waals surface area contributed by atoms with Gasteiger partial charge in [0, 0.05) is 50.4 Å². The van der Waals surface area contributed by atoms with Crippen LogP contribution in [0.15, 0.2) is 12.4 Å². The number of carbonyl (C=O) groups excluding carboxylic acids is 1. The summed E-state index contributed by atoms with van der Waals surface area (Å²) in [6, 6.07) is 0. The summed E-state index contributed by atoms with van der Waals surface area (Å²) >= 11 is 0. The van der Waals surface area contributed by atoms with Gasteiger partial charge in [0.25, 0.3) is 0 Å². The highest BCUT2D eigenvalue weighted by Crippen LogP contribution is 2.38. The molecule has 1 atom stereocenters. The fourth-order valence-electron chi connectivity index (χ4n) is 4.11. The monoisotopic (exact) mass is 290 g/mol. The molecule has 5 heteroatoms. The average Bonchev–Trinajstić information content (AvgIpc) is 2.92. The Hall–Kier alpha value is -1.36. The minimum Gasteiger partial charge on any atom is -0.337 e. The van der Waals surface area contributed by atoms with Gasteiger partial charge in [-0.05, 0) is 39.2 Å². The molecule has 1 spiro atoms. The van der Waals surface area contributed by atoms with Crippen LogP contribution in [0.1, 0.15) is 44.6 Å². The molecule has 1 aromatic heterocycles. The SMILES string of the molecule is CCN1C(=O)CCC12CCCN(Cc1cnn(C)c1)CC2. The van der Waals surface area contributed by atoms with Crippen molar-refractivity contribution in [1.29, 1.82) is 0 Å². The summed E-state index contributed by atoms with van der Waals surface area (Å²) in [5.74, 6) is 0.359. The van der Waals surface area contributed by atoms with Crippen molar-refractivity contribution < 1.29 is 4.79 Å². The summed E-state index contributed by atoms with van der Waals surface area (Å²) in [7, 11) is 1.96. The van der Waals surface area contributed by atoms with Gasteiger partial charge in [0.15, 0.2) is 0 Å². The van der Waals surface area contributed by atoms with Crippen molar-refractivity contribution in [2.75, 3.05) is 19.6 Å². The molecule has 2 aliphatic heterocycles. The van der Waals surface area contributed by atoms with Gasteiger partial charge < -0.3 is 4.90 Å². The van der Waals surface area contributed by atoms with Gasteiger partial charge in [0.2, 0.25) is 5.91 Å². The zero-order valence-electron chi connectivity index (χ0n) is 13.2. The normalized spacial score (nSPS) is 27.5. The maximum Gasteiger partial charge on any atom is 0.223 e. The molecule has 1 amide bonds. The summed E-state index contributed by atoms with van der Waals surface area (Å²) in [5.41, 5.74) is 1.43. The van der Waals surface area contributed by atoms with Gasteiger partial charge in [-0.3, -0.25) is 14.4 Å². The summed E-state index contributed by atoms with van der Waals surface area (Å²) < 4.78 is 1.86. The molecule has 0 radical (unpaired) electrons. The van der Waals surface area contributed by atoms with Crippen molar-refractivity contribution >= 4 is 5.91 Å². The molecule has 3 rings (SSSR count). The lowest BCUT2D eigenvalue weighted by atomic mass is 9.88. The van der Waals surface area contributed by atoms with E-state index in [9.17, 15) is 4.79 Å². The predicted molar refractivity (Wildman–Crippen MR) is 81.7 cm³/mol. The Morgan fingerprint density at radius 1 is 1.29 bits per heavy atom.